The molecule has 0 aliphatic carbocycles. The fourth-order valence-electron chi connectivity index (χ4n) is 2.33. The molecule has 3 rings (SSSR count). The van der Waals surface area contributed by atoms with Crippen LogP contribution in [0.1, 0.15) is 5.69 Å². The zero-order valence-electron chi connectivity index (χ0n) is 13.6. The van der Waals surface area contributed by atoms with Crippen LogP contribution in [0.5, 0.6) is 11.9 Å². The van der Waals surface area contributed by atoms with Crippen LogP contribution in [0.15, 0.2) is 21.7 Å². The molecule has 0 atom stereocenters. The summed E-state index contributed by atoms with van der Waals surface area (Å²) in [7, 11) is 4.11. The van der Waals surface area contributed by atoms with E-state index in [1.54, 1.807) is 0 Å². The Morgan fingerprint density at radius 3 is 2.31 bits per heavy atom. The number of hydrogen-bond acceptors (Lipinski definition) is 5. The van der Waals surface area contributed by atoms with Crippen molar-refractivity contribution in [3.8, 4) is 11.9 Å². The number of imidazole rings is 1. The molecule has 3 heterocycles. The Hall–Kier alpha value is -2.82. The van der Waals surface area contributed by atoms with Gasteiger partial charge >= 0.3 is 17.9 Å². The molecule has 26 heavy (non-hydrogen) atoms. The van der Waals surface area contributed by atoms with Crippen molar-refractivity contribution in [1.29, 1.82) is 0 Å². The number of pyridine rings is 1. The highest BCUT2D eigenvalue weighted by atomic mass is 35.5. The number of ether oxygens (including phenoxy) is 1. The summed E-state index contributed by atoms with van der Waals surface area (Å²) in [5.74, 6) is -0.526. The van der Waals surface area contributed by atoms with Gasteiger partial charge in [0.05, 0.1) is 0 Å². The maximum absolute atomic E-state index is 12.8. The normalized spacial score (nSPS) is 12.0. The van der Waals surface area contributed by atoms with Gasteiger partial charge in [-0.15, -0.1) is 0 Å². The zero-order valence-corrected chi connectivity index (χ0v) is 14.4. The molecule has 0 bridgehead atoms. The van der Waals surface area contributed by atoms with Crippen molar-refractivity contribution < 1.29 is 17.9 Å². The van der Waals surface area contributed by atoms with Gasteiger partial charge in [-0.2, -0.15) is 18.2 Å². The minimum atomic E-state index is -4.69. The Balaban J connectivity index is 2.19. The summed E-state index contributed by atoms with van der Waals surface area (Å²) in [5.41, 5.74) is -2.39. The fourth-order valence-corrected chi connectivity index (χ4v) is 2.47. The topological polar surface area (TPSA) is 83.9 Å². The number of hydrogen-bond donors (Lipinski definition) is 0. The van der Waals surface area contributed by atoms with Gasteiger partial charge in [0.1, 0.15) is 10.7 Å². The van der Waals surface area contributed by atoms with E-state index in [4.69, 9.17) is 16.3 Å². The lowest BCUT2D eigenvalue weighted by molar-refractivity contribution is -0.141. The lowest BCUT2D eigenvalue weighted by Gasteiger charge is -2.09. The Morgan fingerprint density at radius 1 is 1.04 bits per heavy atom. The summed E-state index contributed by atoms with van der Waals surface area (Å²) in [6.45, 7) is 0. The summed E-state index contributed by atoms with van der Waals surface area (Å²) in [6.07, 6.45) is -4.69. The first-order valence-corrected chi connectivity index (χ1v) is 7.44. The minimum Gasteiger partial charge on any atom is -0.405 e. The second-order valence-corrected chi connectivity index (χ2v) is 5.82. The minimum absolute atomic E-state index is 0.0127. The fraction of sp³-hybridized carbons (Fsp3) is 0.286. The highest BCUT2D eigenvalue weighted by molar-refractivity contribution is 6.31. The van der Waals surface area contributed by atoms with Gasteiger partial charge < -0.3 is 4.74 Å². The second-order valence-electron chi connectivity index (χ2n) is 5.41. The van der Waals surface area contributed by atoms with Crippen LogP contribution in [0.3, 0.4) is 0 Å². The summed E-state index contributed by atoms with van der Waals surface area (Å²) >= 11 is 5.85. The van der Waals surface area contributed by atoms with Crippen LogP contribution in [0.25, 0.3) is 11.2 Å². The predicted octanol–water partition coefficient (Wildman–Crippen LogP) is 1.83. The lowest BCUT2D eigenvalue weighted by atomic mass is 10.3. The van der Waals surface area contributed by atoms with Gasteiger partial charge in [0, 0.05) is 21.1 Å². The van der Waals surface area contributed by atoms with Crippen molar-refractivity contribution in [3.05, 3.63) is 43.7 Å². The molecule has 0 N–H and O–H groups in total. The SMILES string of the molecule is Cn1c(=O)c2c(nc(Oc3nc(C(F)(F)F)ccc3Cl)n2C)n(C)c1=O. The summed E-state index contributed by atoms with van der Waals surface area (Å²) in [5, 5.41) is -0.174. The smallest absolute Gasteiger partial charge is 0.405 e. The Morgan fingerprint density at radius 2 is 1.69 bits per heavy atom. The maximum atomic E-state index is 12.8. The molecule has 0 aliphatic heterocycles. The van der Waals surface area contributed by atoms with E-state index < -0.39 is 29.0 Å². The molecule has 0 aliphatic rings. The van der Waals surface area contributed by atoms with Crippen molar-refractivity contribution in [2.45, 2.75) is 6.18 Å². The van der Waals surface area contributed by atoms with E-state index in [1.165, 1.54) is 25.7 Å². The van der Waals surface area contributed by atoms with E-state index in [9.17, 15) is 22.8 Å². The molecule has 0 spiro atoms. The number of fused-ring (bicyclic) bond motifs is 1. The molecule has 0 radical (unpaired) electrons. The van der Waals surface area contributed by atoms with Crippen molar-refractivity contribution in [3.63, 3.8) is 0 Å². The molecule has 0 fully saturated rings. The highest BCUT2D eigenvalue weighted by Gasteiger charge is 2.33. The monoisotopic (exact) mass is 389 g/mol. The quantitative estimate of drug-likeness (QED) is 0.667. The van der Waals surface area contributed by atoms with Crippen LogP contribution in [-0.2, 0) is 27.3 Å². The number of aryl methyl sites for hydroxylation is 2. The average molecular weight is 390 g/mol. The van der Waals surface area contributed by atoms with E-state index in [0.29, 0.717) is 6.07 Å². The van der Waals surface area contributed by atoms with Gasteiger partial charge in [-0.25, -0.2) is 9.78 Å². The highest BCUT2D eigenvalue weighted by Crippen LogP contribution is 2.33. The molecule has 8 nitrogen and oxygen atoms in total. The summed E-state index contributed by atoms with van der Waals surface area (Å²) < 4.78 is 46.9. The first kappa shape index (κ1) is 18.0. The molecule has 0 amide bonds. The third-order valence-electron chi connectivity index (χ3n) is 3.73. The van der Waals surface area contributed by atoms with Crippen LogP contribution >= 0.6 is 11.6 Å². The van der Waals surface area contributed by atoms with Crippen LogP contribution in [0, 0.1) is 0 Å². The third-order valence-corrected chi connectivity index (χ3v) is 4.01. The van der Waals surface area contributed by atoms with Gasteiger partial charge in [0.2, 0.25) is 5.88 Å². The van der Waals surface area contributed by atoms with E-state index >= 15 is 0 Å². The van der Waals surface area contributed by atoms with E-state index in [-0.39, 0.29) is 22.2 Å². The largest absolute Gasteiger partial charge is 0.433 e. The first-order chi connectivity index (χ1) is 12.0. The van der Waals surface area contributed by atoms with Gasteiger partial charge in [-0.3, -0.25) is 18.5 Å². The molecule has 138 valence electrons. The number of nitrogens with zero attached hydrogens (tertiary/aromatic N) is 5. The van der Waals surface area contributed by atoms with Crippen molar-refractivity contribution in [2.24, 2.45) is 21.1 Å². The molecular weight excluding hydrogens is 379 g/mol. The second kappa shape index (κ2) is 5.87. The molecule has 0 saturated heterocycles. The molecule has 3 aromatic heterocycles. The molecule has 0 saturated carbocycles. The van der Waals surface area contributed by atoms with Gasteiger partial charge in [-0.1, -0.05) is 11.6 Å². The van der Waals surface area contributed by atoms with E-state index in [2.05, 4.69) is 9.97 Å². The molecular formula is C14H11ClF3N5O3. The van der Waals surface area contributed by atoms with Crippen LogP contribution in [-0.4, -0.2) is 23.7 Å². The molecule has 12 heteroatoms. The van der Waals surface area contributed by atoms with Crippen LogP contribution < -0.4 is 16.0 Å². The Bertz CT molecular complexity index is 1150. The van der Waals surface area contributed by atoms with Crippen molar-refractivity contribution in [1.82, 2.24) is 23.7 Å². The zero-order chi connectivity index (χ0) is 19.4. The first-order valence-electron chi connectivity index (χ1n) is 7.06. The number of halogens is 4. The van der Waals surface area contributed by atoms with Crippen molar-refractivity contribution in [2.75, 3.05) is 0 Å². The van der Waals surface area contributed by atoms with Gasteiger partial charge in [0.15, 0.2) is 11.2 Å². The van der Waals surface area contributed by atoms with E-state index in [1.807, 2.05) is 0 Å². The third kappa shape index (κ3) is 2.73. The number of aromatic nitrogens is 5. The Kier molecular flexibility index (Phi) is 4.06. The average Bonchev–Trinajstić information content (AvgIpc) is 2.89. The number of alkyl halides is 3. The number of rotatable bonds is 2. The van der Waals surface area contributed by atoms with Crippen molar-refractivity contribution >= 4 is 22.8 Å². The van der Waals surface area contributed by atoms with Gasteiger partial charge in [-0.05, 0) is 12.1 Å². The molecule has 3 aromatic rings. The van der Waals surface area contributed by atoms with Crippen LogP contribution in [0.2, 0.25) is 5.02 Å². The van der Waals surface area contributed by atoms with Gasteiger partial charge in [0.25, 0.3) is 5.56 Å². The summed E-state index contributed by atoms with van der Waals surface area (Å²) in [6, 6.07) is 1.46. The predicted molar refractivity (Wildman–Crippen MR) is 85.5 cm³/mol. The maximum Gasteiger partial charge on any atom is 0.433 e. The molecule has 0 unspecified atom stereocenters. The molecule has 0 aromatic carbocycles. The lowest BCUT2D eigenvalue weighted by Crippen LogP contribution is -2.37. The summed E-state index contributed by atoms with van der Waals surface area (Å²) in [4.78, 5) is 31.6. The standard InChI is InChI=1S/C14H11ClF3N5O3/c1-21-8-9(22(2)13(25)23(3)11(8)24)20-12(21)26-10-6(15)4-5-7(19-10)14(16,17)18/h4-5H,1-3H3. The van der Waals surface area contributed by atoms with E-state index in [0.717, 1.165) is 15.2 Å². The van der Waals surface area contributed by atoms with Crippen LogP contribution in [0.4, 0.5) is 13.2 Å². The Labute approximate surface area is 148 Å².